The molecule has 48 heavy (non-hydrogen) atoms. The standard InChI is InChI=1S/C46H32N2/c1-4-12-37(13-5-1)46-42-18-10-11-19-43(42)48-44(46)31-28-36-24-25-38(32-45(36)48)35-22-20-33(21-23-35)34-26-29-41(30-27-34)47(39-14-6-2-7-15-39)40-16-8-3-9-17-40/h1-32H. The fourth-order valence-corrected chi connectivity index (χ4v) is 7.07. The van der Waals surface area contributed by atoms with Crippen molar-refractivity contribution in [3.63, 3.8) is 0 Å². The van der Waals surface area contributed by atoms with Crippen LogP contribution in [-0.2, 0) is 0 Å². The lowest BCUT2D eigenvalue weighted by Gasteiger charge is -2.25. The Balaban J connectivity index is 1.07. The summed E-state index contributed by atoms with van der Waals surface area (Å²) in [5, 5.41) is 2.50. The van der Waals surface area contributed by atoms with Crippen molar-refractivity contribution in [2.45, 2.75) is 0 Å². The van der Waals surface area contributed by atoms with Crippen LogP contribution in [0.4, 0.5) is 17.1 Å². The number of nitrogens with zero attached hydrogens (tertiary/aromatic N) is 2. The molecular formula is C46H32N2. The van der Waals surface area contributed by atoms with Crippen LogP contribution in [0.3, 0.4) is 0 Å². The van der Waals surface area contributed by atoms with Crippen LogP contribution >= 0.6 is 0 Å². The van der Waals surface area contributed by atoms with Crippen LogP contribution in [0.2, 0.25) is 0 Å². The molecule has 0 spiro atoms. The predicted octanol–water partition coefficient (Wildman–Crippen LogP) is 12.7. The minimum Gasteiger partial charge on any atom is -0.311 e. The Morgan fingerprint density at radius 1 is 0.312 bits per heavy atom. The molecule has 0 bridgehead atoms. The average molecular weight is 613 g/mol. The zero-order valence-corrected chi connectivity index (χ0v) is 26.4. The van der Waals surface area contributed by atoms with Crippen LogP contribution in [0.25, 0.3) is 60.7 Å². The van der Waals surface area contributed by atoms with Crippen molar-refractivity contribution in [2.24, 2.45) is 0 Å². The molecule has 9 rings (SSSR count). The molecular weight excluding hydrogens is 581 g/mol. The third-order valence-corrected chi connectivity index (χ3v) is 9.37. The van der Waals surface area contributed by atoms with Crippen molar-refractivity contribution in [3.05, 3.63) is 194 Å². The highest BCUT2D eigenvalue weighted by molar-refractivity contribution is 6.08. The van der Waals surface area contributed by atoms with Crippen LogP contribution in [0.5, 0.6) is 0 Å². The van der Waals surface area contributed by atoms with Crippen molar-refractivity contribution < 1.29 is 0 Å². The summed E-state index contributed by atoms with van der Waals surface area (Å²) in [5.41, 5.74) is 14.4. The van der Waals surface area contributed by atoms with Gasteiger partial charge in [-0.25, -0.2) is 0 Å². The van der Waals surface area contributed by atoms with Gasteiger partial charge in [0.1, 0.15) is 0 Å². The first kappa shape index (κ1) is 27.9. The van der Waals surface area contributed by atoms with Gasteiger partial charge in [-0.1, -0.05) is 140 Å². The Morgan fingerprint density at radius 3 is 1.44 bits per heavy atom. The first-order chi connectivity index (χ1) is 23.8. The molecule has 2 nitrogen and oxygen atoms in total. The van der Waals surface area contributed by atoms with Crippen LogP contribution < -0.4 is 4.90 Å². The number of aromatic nitrogens is 1. The first-order valence-electron chi connectivity index (χ1n) is 16.4. The van der Waals surface area contributed by atoms with E-state index in [-0.39, 0.29) is 0 Å². The minimum absolute atomic E-state index is 1.13. The number of pyridine rings is 1. The van der Waals surface area contributed by atoms with Crippen LogP contribution in [-0.4, -0.2) is 4.40 Å². The molecule has 7 aromatic carbocycles. The number of benzene rings is 7. The lowest BCUT2D eigenvalue weighted by molar-refractivity contribution is 1.28. The summed E-state index contributed by atoms with van der Waals surface area (Å²) >= 11 is 0. The molecule has 0 fully saturated rings. The Labute approximate surface area is 280 Å². The van der Waals surface area contributed by atoms with E-state index in [1.807, 2.05) is 0 Å². The van der Waals surface area contributed by atoms with Gasteiger partial charge in [0, 0.05) is 28.0 Å². The Hall–Kier alpha value is -6.38. The highest BCUT2D eigenvalue weighted by Gasteiger charge is 2.16. The molecule has 0 radical (unpaired) electrons. The molecule has 2 aromatic heterocycles. The second-order valence-corrected chi connectivity index (χ2v) is 12.2. The number of fused-ring (bicyclic) bond motifs is 5. The van der Waals surface area contributed by atoms with Crippen LogP contribution in [0, 0.1) is 0 Å². The van der Waals surface area contributed by atoms with Crippen molar-refractivity contribution in [2.75, 3.05) is 4.90 Å². The molecule has 0 saturated heterocycles. The van der Waals surface area contributed by atoms with Gasteiger partial charge in [0.2, 0.25) is 0 Å². The summed E-state index contributed by atoms with van der Waals surface area (Å²) in [6, 6.07) is 69.7. The lowest BCUT2D eigenvalue weighted by atomic mass is 9.99. The van der Waals surface area contributed by atoms with E-state index in [0.29, 0.717) is 0 Å². The molecule has 0 amide bonds. The molecule has 0 atom stereocenters. The normalized spacial score (nSPS) is 11.3. The third kappa shape index (κ3) is 4.83. The Kier molecular flexibility index (Phi) is 6.84. The summed E-state index contributed by atoms with van der Waals surface area (Å²) in [4.78, 5) is 2.29. The molecule has 2 heterocycles. The number of hydrogen-bond acceptors (Lipinski definition) is 1. The highest BCUT2D eigenvalue weighted by atomic mass is 15.1. The van der Waals surface area contributed by atoms with Gasteiger partial charge >= 0.3 is 0 Å². The molecule has 9 aromatic rings. The molecule has 0 unspecified atom stereocenters. The van der Waals surface area contributed by atoms with Crippen LogP contribution in [0.15, 0.2) is 194 Å². The lowest BCUT2D eigenvalue weighted by Crippen LogP contribution is -2.09. The van der Waals surface area contributed by atoms with Crippen molar-refractivity contribution >= 4 is 44.4 Å². The van der Waals surface area contributed by atoms with Crippen molar-refractivity contribution in [1.29, 1.82) is 0 Å². The fourth-order valence-electron chi connectivity index (χ4n) is 7.07. The minimum atomic E-state index is 1.13. The SMILES string of the molecule is c1ccc(-c2c3ccccc3n3c2ccc2ccc(-c4ccc(-c5ccc(N(c6ccccc6)c6ccccc6)cc5)cc4)cc23)cc1. The van der Waals surface area contributed by atoms with E-state index in [0.717, 1.165) is 17.1 Å². The van der Waals surface area contributed by atoms with Crippen molar-refractivity contribution in [3.8, 4) is 33.4 Å². The second-order valence-electron chi connectivity index (χ2n) is 12.2. The van der Waals surface area contributed by atoms with Gasteiger partial charge in [-0.3, -0.25) is 0 Å². The maximum Gasteiger partial charge on any atom is 0.0547 e. The van der Waals surface area contributed by atoms with Gasteiger partial charge in [0.05, 0.1) is 16.6 Å². The summed E-state index contributed by atoms with van der Waals surface area (Å²) in [6.07, 6.45) is 0. The second kappa shape index (κ2) is 11.8. The number of para-hydroxylation sites is 3. The molecule has 0 aliphatic carbocycles. The largest absolute Gasteiger partial charge is 0.311 e. The van der Waals surface area contributed by atoms with E-state index in [4.69, 9.17) is 0 Å². The van der Waals surface area contributed by atoms with E-state index in [1.165, 1.54) is 60.7 Å². The van der Waals surface area contributed by atoms with E-state index in [1.54, 1.807) is 0 Å². The van der Waals surface area contributed by atoms with E-state index < -0.39 is 0 Å². The topological polar surface area (TPSA) is 7.65 Å². The van der Waals surface area contributed by atoms with Gasteiger partial charge in [-0.15, -0.1) is 0 Å². The molecule has 0 aliphatic heterocycles. The fraction of sp³-hybridized carbons (Fsp3) is 0. The molecule has 2 heteroatoms. The maximum atomic E-state index is 2.43. The van der Waals surface area contributed by atoms with Gasteiger partial charge in [-0.2, -0.15) is 0 Å². The number of rotatable bonds is 6. The van der Waals surface area contributed by atoms with E-state index in [2.05, 4.69) is 203 Å². The summed E-state index contributed by atoms with van der Waals surface area (Å²) in [5.74, 6) is 0. The monoisotopic (exact) mass is 612 g/mol. The Morgan fingerprint density at radius 2 is 0.792 bits per heavy atom. The zero-order chi connectivity index (χ0) is 31.9. The third-order valence-electron chi connectivity index (χ3n) is 9.37. The smallest absolute Gasteiger partial charge is 0.0547 e. The molecule has 0 saturated carbocycles. The number of hydrogen-bond donors (Lipinski definition) is 0. The quantitative estimate of drug-likeness (QED) is 0.181. The zero-order valence-electron chi connectivity index (χ0n) is 26.4. The highest BCUT2D eigenvalue weighted by Crippen LogP contribution is 2.39. The summed E-state index contributed by atoms with van der Waals surface area (Å²) < 4.78 is 2.43. The van der Waals surface area contributed by atoms with Gasteiger partial charge in [0.25, 0.3) is 0 Å². The average Bonchev–Trinajstić information content (AvgIpc) is 3.51. The van der Waals surface area contributed by atoms with Gasteiger partial charge in [-0.05, 0) is 87.8 Å². The van der Waals surface area contributed by atoms with Crippen LogP contribution in [0.1, 0.15) is 0 Å². The molecule has 0 aliphatic rings. The van der Waals surface area contributed by atoms with Crippen molar-refractivity contribution in [1.82, 2.24) is 4.40 Å². The van der Waals surface area contributed by atoms with Gasteiger partial charge < -0.3 is 9.30 Å². The molecule has 0 N–H and O–H groups in total. The summed E-state index contributed by atoms with van der Waals surface area (Å²) in [6.45, 7) is 0. The first-order valence-corrected chi connectivity index (χ1v) is 16.4. The number of anilines is 3. The Bertz CT molecular complexity index is 2470. The predicted molar refractivity (Wildman–Crippen MR) is 203 cm³/mol. The van der Waals surface area contributed by atoms with E-state index in [9.17, 15) is 0 Å². The van der Waals surface area contributed by atoms with E-state index >= 15 is 0 Å². The molecule has 226 valence electrons. The van der Waals surface area contributed by atoms with Gasteiger partial charge in [0.15, 0.2) is 0 Å². The summed E-state index contributed by atoms with van der Waals surface area (Å²) in [7, 11) is 0. The maximum absolute atomic E-state index is 2.43.